The lowest BCUT2D eigenvalue weighted by Gasteiger charge is -2.16. The summed E-state index contributed by atoms with van der Waals surface area (Å²) in [6.45, 7) is 3.55. The second-order valence-corrected chi connectivity index (χ2v) is 5.95. The van der Waals surface area contributed by atoms with Crippen molar-refractivity contribution in [3.8, 4) is 5.75 Å². The van der Waals surface area contributed by atoms with Gasteiger partial charge in [-0.2, -0.15) is 0 Å². The molecule has 0 spiro atoms. The normalized spacial score (nSPS) is 12.6. The van der Waals surface area contributed by atoms with E-state index >= 15 is 0 Å². The van der Waals surface area contributed by atoms with Gasteiger partial charge in [-0.05, 0) is 6.92 Å². The average molecular weight is 382 g/mol. The Labute approximate surface area is 143 Å². The van der Waals surface area contributed by atoms with E-state index in [1.54, 1.807) is 7.11 Å². The quantitative estimate of drug-likeness (QED) is 0.411. The van der Waals surface area contributed by atoms with Crippen LogP contribution in [-0.4, -0.2) is 32.9 Å². The fraction of sp³-hybridized carbons (Fsp3) is 0.500. The standard InChI is InChI=1S/C12H14Cl5NO2/c1-6(5-19-2)18-3-4-20-12-10(16)8(14)7(13)9(15)11(12)17/h6,18H,3-5H2,1-2H3. The molecule has 0 saturated carbocycles. The van der Waals surface area contributed by atoms with Gasteiger partial charge >= 0.3 is 0 Å². The molecule has 1 aromatic carbocycles. The Hall–Kier alpha value is 0.390. The molecule has 0 aliphatic heterocycles. The summed E-state index contributed by atoms with van der Waals surface area (Å²) in [7, 11) is 1.64. The molecule has 0 fully saturated rings. The second kappa shape index (κ2) is 8.74. The Morgan fingerprint density at radius 1 is 0.950 bits per heavy atom. The van der Waals surface area contributed by atoms with E-state index in [0.717, 1.165) is 0 Å². The van der Waals surface area contributed by atoms with Crippen LogP contribution in [-0.2, 0) is 4.74 Å². The van der Waals surface area contributed by atoms with Gasteiger partial charge in [0.1, 0.15) is 16.7 Å². The number of rotatable bonds is 7. The summed E-state index contributed by atoms with van der Waals surface area (Å²) >= 11 is 29.9. The van der Waals surface area contributed by atoms with E-state index in [2.05, 4.69) is 5.32 Å². The van der Waals surface area contributed by atoms with Gasteiger partial charge in [-0.25, -0.2) is 0 Å². The predicted molar refractivity (Wildman–Crippen MR) is 86.3 cm³/mol. The van der Waals surface area contributed by atoms with Crippen LogP contribution in [0.3, 0.4) is 0 Å². The van der Waals surface area contributed by atoms with Crippen LogP contribution in [0.1, 0.15) is 6.92 Å². The molecule has 20 heavy (non-hydrogen) atoms. The molecule has 0 aliphatic rings. The van der Waals surface area contributed by atoms with Gasteiger partial charge in [-0.1, -0.05) is 58.0 Å². The lowest BCUT2D eigenvalue weighted by atomic mass is 10.3. The number of hydrogen-bond acceptors (Lipinski definition) is 3. The fourth-order valence-electron chi connectivity index (χ4n) is 1.48. The zero-order chi connectivity index (χ0) is 15.3. The second-order valence-electron chi connectivity index (χ2n) is 4.06. The van der Waals surface area contributed by atoms with Gasteiger partial charge in [0.05, 0.1) is 21.7 Å². The number of methoxy groups -OCH3 is 1. The molecular weight excluding hydrogens is 367 g/mol. The summed E-state index contributed by atoms with van der Waals surface area (Å²) in [6.07, 6.45) is 0. The molecule has 0 bridgehead atoms. The van der Waals surface area contributed by atoms with Crippen LogP contribution in [0.4, 0.5) is 0 Å². The Morgan fingerprint density at radius 2 is 1.45 bits per heavy atom. The number of hydrogen-bond donors (Lipinski definition) is 1. The number of benzene rings is 1. The molecule has 3 nitrogen and oxygen atoms in total. The van der Waals surface area contributed by atoms with Crippen molar-refractivity contribution in [2.75, 3.05) is 26.9 Å². The van der Waals surface area contributed by atoms with Crippen LogP contribution in [0.5, 0.6) is 5.75 Å². The summed E-state index contributed by atoms with van der Waals surface area (Å²) in [5.74, 6) is 0.230. The molecule has 1 rings (SSSR count). The number of halogens is 5. The van der Waals surface area contributed by atoms with Crippen molar-refractivity contribution >= 4 is 58.0 Å². The molecule has 1 N–H and O–H groups in total. The maximum atomic E-state index is 6.04. The van der Waals surface area contributed by atoms with E-state index < -0.39 is 0 Å². The predicted octanol–water partition coefficient (Wildman–Crippen LogP) is 4.96. The van der Waals surface area contributed by atoms with Gasteiger partial charge < -0.3 is 14.8 Å². The summed E-state index contributed by atoms with van der Waals surface area (Å²) in [5.41, 5.74) is 0. The topological polar surface area (TPSA) is 30.5 Å². The van der Waals surface area contributed by atoms with E-state index in [-0.39, 0.29) is 36.9 Å². The molecule has 0 aromatic heterocycles. The van der Waals surface area contributed by atoms with Crippen LogP contribution in [0, 0.1) is 0 Å². The molecular formula is C12H14Cl5NO2. The molecule has 0 radical (unpaired) electrons. The third-order valence-corrected chi connectivity index (χ3v) is 4.67. The number of nitrogens with one attached hydrogen (secondary N) is 1. The molecule has 1 atom stereocenters. The Morgan fingerprint density at radius 3 is 1.95 bits per heavy atom. The first-order valence-electron chi connectivity index (χ1n) is 5.76. The van der Waals surface area contributed by atoms with Crippen molar-refractivity contribution < 1.29 is 9.47 Å². The highest BCUT2D eigenvalue weighted by Gasteiger charge is 2.20. The van der Waals surface area contributed by atoms with E-state index in [0.29, 0.717) is 19.8 Å². The zero-order valence-electron chi connectivity index (χ0n) is 10.9. The third kappa shape index (κ3) is 4.70. The van der Waals surface area contributed by atoms with Crippen molar-refractivity contribution in [1.29, 1.82) is 0 Å². The van der Waals surface area contributed by atoms with Crippen molar-refractivity contribution in [3.63, 3.8) is 0 Å². The Kier molecular flexibility index (Phi) is 8.06. The first-order valence-corrected chi connectivity index (χ1v) is 7.65. The first-order chi connectivity index (χ1) is 9.40. The minimum atomic E-state index is 0.113. The van der Waals surface area contributed by atoms with E-state index in [1.807, 2.05) is 6.92 Å². The van der Waals surface area contributed by atoms with Gasteiger partial charge in [0.25, 0.3) is 0 Å². The van der Waals surface area contributed by atoms with Gasteiger partial charge in [0.15, 0.2) is 5.75 Å². The molecule has 0 amide bonds. The zero-order valence-corrected chi connectivity index (χ0v) is 14.7. The van der Waals surface area contributed by atoms with E-state index in [9.17, 15) is 0 Å². The van der Waals surface area contributed by atoms with Crippen molar-refractivity contribution in [2.24, 2.45) is 0 Å². The Balaban J connectivity index is 2.65. The Bertz CT molecular complexity index is 441. The van der Waals surface area contributed by atoms with Crippen LogP contribution in [0.2, 0.25) is 25.1 Å². The van der Waals surface area contributed by atoms with Crippen LogP contribution < -0.4 is 10.1 Å². The smallest absolute Gasteiger partial charge is 0.159 e. The van der Waals surface area contributed by atoms with Crippen LogP contribution in [0.15, 0.2) is 0 Å². The maximum absolute atomic E-state index is 6.04. The summed E-state index contributed by atoms with van der Waals surface area (Å²) < 4.78 is 10.5. The average Bonchev–Trinajstić information content (AvgIpc) is 2.42. The summed E-state index contributed by atoms with van der Waals surface area (Å²) in [5, 5.41) is 3.86. The lowest BCUT2D eigenvalue weighted by molar-refractivity contribution is 0.169. The highest BCUT2D eigenvalue weighted by molar-refractivity contribution is 6.55. The van der Waals surface area contributed by atoms with Crippen molar-refractivity contribution in [2.45, 2.75) is 13.0 Å². The molecule has 114 valence electrons. The molecule has 0 aliphatic carbocycles. The lowest BCUT2D eigenvalue weighted by Crippen LogP contribution is -2.33. The highest BCUT2D eigenvalue weighted by Crippen LogP contribution is 2.48. The maximum Gasteiger partial charge on any atom is 0.159 e. The van der Waals surface area contributed by atoms with Crippen molar-refractivity contribution in [3.05, 3.63) is 25.1 Å². The van der Waals surface area contributed by atoms with Gasteiger partial charge in [-0.15, -0.1) is 0 Å². The largest absolute Gasteiger partial charge is 0.489 e. The minimum absolute atomic E-state index is 0.113. The van der Waals surface area contributed by atoms with Gasteiger partial charge in [0.2, 0.25) is 0 Å². The first kappa shape index (κ1) is 18.4. The van der Waals surface area contributed by atoms with Crippen LogP contribution in [0.25, 0.3) is 0 Å². The highest BCUT2D eigenvalue weighted by atomic mass is 35.5. The summed E-state index contributed by atoms with van der Waals surface area (Å²) in [4.78, 5) is 0. The molecule has 0 saturated heterocycles. The molecule has 1 aromatic rings. The molecule has 0 heterocycles. The van der Waals surface area contributed by atoms with Crippen LogP contribution >= 0.6 is 58.0 Å². The monoisotopic (exact) mass is 379 g/mol. The molecule has 8 heteroatoms. The molecule has 1 unspecified atom stereocenters. The third-order valence-electron chi connectivity index (χ3n) is 2.43. The van der Waals surface area contributed by atoms with Gasteiger partial charge in [-0.3, -0.25) is 0 Å². The minimum Gasteiger partial charge on any atom is -0.489 e. The number of ether oxygens (including phenoxy) is 2. The fourth-order valence-corrected chi connectivity index (χ4v) is 2.71. The summed E-state index contributed by atoms with van der Waals surface area (Å²) in [6, 6.07) is 0.215. The van der Waals surface area contributed by atoms with Gasteiger partial charge in [0, 0.05) is 19.7 Å². The van der Waals surface area contributed by atoms with E-state index in [4.69, 9.17) is 67.5 Å². The SMILES string of the molecule is COCC(C)NCCOc1c(Cl)c(Cl)c(Cl)c(Cl)c1Cl. The van der Waals surface area contributed by atoms with Crippen molar-refractivity contribution in [1.82, 2.24) is 5.32 Å². The van der Waals surface area contributed by atoms with E-state index in [1.165, 1.54) is 0 Å².